The lowest BCUT2D eigenvalue weighted by Gasteiger charge is -2.23. The molecule has 1 saturated carbocycles. The van der Waals surface area contributed by atoms with E-state index < -0.39 is 6.10 Å². The lowest BCUT2D eigenvalue weighted by molar-refractivity contribution is -0.128. The fourth-order valence-electron chi connectivity index (χ4n) is 2.68. The van der Waals surface area contributed by atoms with E-state index in [0.29, 0.717) is 6.04 Å². The summed E-state index contributed by atoms with van der Waals surface area (Å²) in [5, 5.41) is 3.14. The van der Waals surface area contributed by atoms with E-state index in [-0.39, 0.29) is 5.91 Å². The van der Waals surface area contributed by atoms with Gasteiger partial charge in [-0.1, -0.05) is 50.3 Å². The molecule has 1 aliphatic rings. The van der Waals surface area contributed by atoms with E-state index in [1.807, 2.05) is 37.3 Å². The number of carbonyl (C=O) groups is 1. The van der Waals surface area contributed by atoms with E-state index in [1.54, 1.807) is 0 Å². The van der Waals surface area contributed by atoms with Crippen LogP contribution in [0.25, 0.3) is 0 Å². The first kappa shape index (κ1) is 14.9. The summed E-state index contributed by atoms with van der Waals surface area (Å²) in [4.78, 5) is 12.2. The monoisotopic (exact) mass is 275 g/mol. The van der Waals surface area contributed by atoms with Crippen LogP contribution in [-0.4, -0.2) is 18.1 Å². The van der Waals surface area contributed by atoms with Gasteiger partial charge in [-0.25, -0.2) is 0 Å². The van der Waals surface area contributed by atoms with Crippen molar-refractivity contribution in [1.29, 1.82) is 0 Å². The molecule has 0 aliphatic heterocycles. The first-order chi connectivity index (χ1) is 9.75. The average molecular weight is 275 g/mol. The van der Waals surface area contributed by atoms with Crippen molar-refractivity contribution < 1.29 is 9.53 Å². The Morgan fingerprint density at radius 3 is 2.35 bits per heavy atom. The largest absolute Gasteiger partial charge is 0.481 e. The standard InChI is InChI=1S/C17H25NO2/c1-14(20-16-12-8-5-9-13-16)17(19)18-15-10-6-3-2-4-7-11-15/h5,8-9,12-15H,2-4,6-7,10-11H2,1H3,(H,18,19)/t14-/m0/s1. The van der Waals surface area contributed by atoms with Crippen molar-refractivity contribution in [3.05, 3.63) is 30.3 Å². The van der Waals surface area contributed by atoms with Crippen LogP contribution in [0.2, 0.25) is 0 Å². The molecule has 1 aliphatic carbocycles. The Morgan fingerprint density at radius 1 is 1.10 bits per heavy atom. The van der Waals surface area contributed by atoms with Gasteiger partial charge in [0, 0.05) is 6.04 Å². The molecule has 1 aromatic rings. The van der Waals surface area contributed by atoms with Gasteiger partial charge in [0.1, 0.15) is 5.75 Å². The maximum atomic E-state index is 12.2. The highest BCUT2D eigenvalue weighted by Gasteiger charge is 2.19. The van der Waals surface area contributed by atoms with Gasteiger partial charge < -0.3 is 10.1 Å². The zero-order valence-electron chi connectivity index (χ0n) is 12.3. The minimum Gasteiger partial charge on any atom is -0.481 e. The number of para-hydroxylation sites is 1. The molecule has 2 rings (SSSR count). The molecule has 1 atom stereocenters. The highest BCUT2D eigenvalue weighted by Crippen LogP contribution is 2.17. The minimum atomic E-state index is -0.442. The maximum absolute atomic E-state index is 12.2. The molecule has 0 aromatic heterocycles. The molecular weight excluding hydrogens is 250 g/mol. The predicted octanol–water partition coefficient (Wildman–Crippen LogP) is 3.68. The van der Waals surface area contributed by atoms with Crippen LogP contribution in [0.5, 0.6) is 5.75 Å². The summed E-state index contributed by atoms with van der Waals surface area (Å²) in [5.74, 6) is 0.743. The smallest absolute Gasteiger partial charge is 0.260 e. The molecule has 0 heterocycles. The third-order valence-corrected chi connectivity index (χ3v) is 3.88. The van der Waals surface area contributed by atoms with Crippen molar-refractivity contribution >= 4 is 5.91 Å². The van der Waals surface area contributed by atoms with Crippen molar-refractivity contribution in [2.75, 3.05) is 0 Å². The summed E-state index contributed by atoms with van der Waals surface area (Å²) in [6, 6.07) is 9.83. The summed E-state index contributed by atoms with van der Waals surface area (Å²) in [6.45, 7) is 1.81. The molecule has 0 unspecified atom stereocenters. The van der Waals surface area contributed by atoms with Gasteiger partial charge in [0.05, 0.1) is 0 Å². The third-order valence-electron chi connectivity index (χ3n) is 3.88. The van der Waals surface area contributed by atoms with E-state index in [9.17, 15) is 4.79 Å². The molecule has 3 heteroatoms. The van der Waals surface area contributed by atoms with Crippen molar-refractivity contribution in [3.63, 3.8) is 0 Å². The summed E-state index contributed by atoms with van der Waals surface area (Å²) in [5.41, 5.74) is 0. The van der Waals surface area contributed by atoms with Gasteiger partial charge in [0.15, 0.2) is 6.10 Å². The van der Waals surface area contributed by atoms with Gasteiger partial charge in [0.25, 0.3) is 5.91 Å². The fraction of sp³-hybridized carbons (Fsp3) is 0.588. The Balaban J connectivity index is 1.80. The number of ether oxygens (including phenoxy) is 1. The van der Waals surface area contributed by atoms with Gasteiger partial charge in [-0.15, -0.1) is 0 Å². The molecule has 0 radical (unpaired) electrons. The molecule has 0 saturated heterocycles. The highest BCUT2D eigenvalue weighted by atomic mass is 16.5. The van der Waals surface area contributed by atoms with E-state index in [1.165, 1.54) is 32.1 Å². The Kier molecular flexibility index (Phi) is 5.90. The molecule has 110 valence electrons. The Bertz CT molecular complexity index is 397. The van der Waals surface area contributed by atoms with Gasteiger partial charge >= 0.3 is 0 Å². The molecule has 3 nitrogen and oxygen atoms in total. The lowest BCUT2D eigenvalue weighted by atomic mass is 9.96. The van der Waals surface area contributed by atoms with Gasteiger partial charge in [-0.2, -0.15) is 0 Å². The fourth-order valence-corrected chi connectivity index (χ4v) is 2.68. The second kappa shape index (κ2) is 7.93. The number of amides is 1. The van der Waals surface area contributed by atoms with Gasteiger partial charge in [0.2, 0.25) is 0 Å². The lowest BCUT2D eigenvalue weighted by Crippen LogP contribution is -2.42. The number of hydrogen-bond donors (Lipinski definition) is 1. The first-order valence-corrected chi connectivity index (χ1v) is 7.78. The van der Waals surface area contributed by atoms with Crippen molar-refractivity contribution in [1.82, 2.24) is 5.32 Å². The summed E-state index contributed by atoms with van der Waals surface area (Å²) in [7, 11) is 0. The molecule has 1 fully saturated rings. The number of hydrogen-bond acceptors (Lipinski definition) is 2. The maximum Gasteiger partial charge on any atom is 0.260 e. The summed E-state index contributed by atoms with van der Waals surface area (Å²) >= 11 is 0. The summed E-state index contributed by atoms with van der Waals surface area (Å²) in [6.07, 6.45) is 8.13. The number of nitrogens with one attached hydrogen (secondary N) is 1. The summed E-state index contributed by atoms with van der Waals surface area (Å²) < 4.78 is 5.66. The quantitative estimate of drug-likeness (QED) is 0.910. The average Bonchev–Trinajstić information content (AvgIpc) is 2.42. The molecule has 0 bridgehead atoms. The van der Waals surface area contributed by atoms with Crippen LogP contribution in [0.3, 0.4) is 0 Å². The van der Waals surface area contributed by atoms with Crippen molar-refractivity contribution in [2.24, 2.45) is 0 Å². The third kappa shape index (κ3) is 4.87. The van der Waals surface area contributed by atoms with E-state index in [4.69, 9.17) is 4.74 Å². The highest BCUT2D eigenvalue weighted by molar-refractivity contribution is 5.81. The Morgan fingerprint density at radius 2 is 1.70 bits per heavy atom. The number of benzene rings is 1. The molecule has 1 aromatic carbocycles. The van der Waals surface area contributed by atoms with Crippen molar-refractivity contribution in [3.8, 4) is 5.75 Å². The van der Waals surface area contributed by atoms with Gasteiger partial charge in [-0.05, 0) is 31.9 Å². The zero-order chi connectivity index (χ0) is 14.2. The zero-order valence-corrected chi connectivity index (χ0v) is 12.3. The Labute approximate surface area is 121 Å². The van der Waals surface area contributed by atoms with Crippen LogP contribution in [0.1, 0.15) is 51.9 Å². The predicted molar refractivity (Wildman–Crippen MR) is 80.8 cm³/mol. The van der Waals surface area contributed by atoms with Crippen molar-refractivity contribution in [2.45, 2.75) is 64.0 Å². The van der Waals surface area contributed by atoms with Crippen LogP contribution in [0, 0.1) is 0 Å². The SMILES string of the molecule is C[C@H](Oc1ccccc1)C(=O)NC1CCCCCCC1. The van der Waals surface area contributed by atoms with Crippen LogP contribution >= 0.6 is 0 Å². The number of carbonyl (C=O) groups excluding carboxylic acids is 1. The van der Waals surface area contributed by atoms with Gasteiger partial charge in [-0.3, -0.25) is 4.79 Å². The van der Waals surface area contributed by atoms with Crippen LogP contribution < -0.4 is 10.1 Å². The van der Waals surface area contributed by atoms with Crippen LogP contribution in [0.15, 0.2) is 30.3 Å². The molecule has 20 heavy (non-hydrogen) atoms. The second-order valence-corrected chi connectivity index (χ2v) is 5.62. The van der Waals surface area contributed by atoms with E-state index in [2.05, 4.69) is 5.32 Å². The normalized spacial score (nSPS) is 18.6. The Hall–Kier alpha value is -1.51. The second-order valence-electron chi connectivity index (χ2n) is 5.62. The molecular formula is C17H25NO2. The minimum absolute atomic E-state index is 0.000531. The topological polar surface area (TPSA) is 38.3 Å². The molecule has 1 N–H and O–H groups in total. The van der Waals surface area contributed by atoms with Crippen LogP contribution in [-0.2, 0) is 4.79 Å². The molecule has 1 amide bonds. The van der Waals surface area contributed by atoms with E-state index in [0.717, 1.165) is 18.6 Å². The first-order valence-electron chi connectivity index (χ1n) is 7.78. The number of rotatable bonds is 4. The van der Waals surface area contributed by atoms with Crippen LogP contribution in [0.4, 0.5) is 0 Å². The molecule has 0 spiro atoms. The van der Waals surface area contributed by atoms with E-state index >= 15 is 0 Å².